The molecule has 5 nitrogen and oxygen atoms in total. The molecule has 6 heteroatoms. The molecule has 1 aliphatic rings. The largest absolute Gasteiger partial charge is 0.321 e. The van der Waals surface area contributed by atoms with Gasteiger partial charge in [-0.15, -0.1) is 0 Å². The second kappa shape index (κ2) is 7.74. The van der Waals surface area contributed by atoms with E-state index in [-0.39, 0.29) is 11.8 Å². The molecule has 1 N–H and O–H groups in total. The number of carbonyl (C=O) groups excluding carboxylic acids is 2. The molecule has 0 aliphatic carbocycles. The molecule has 3 rings (SSSR count). The minimum Gasteiger partial charge on any atom is -0.321 e. The predicted octanol–water partition coefficient (Wildman–Crippen LogP) is 4.00. The number of nitrogens with one attached hydrogen (secondary N) is 1. The number of hydrogen-bond acceptors (Lipinski definition) is 4. The topological polar surface area (TPSA) is 61.8 Å². The second-order valence-electron chi connectivity index (χ2n) is 6.31. The Morgan fingerprint density at radius 1 is 1.12 bits per heavy atom. The minimum absolute atomic E-state index is 0.0747. The Morgan fingerprint density at radius 2 is 1.85 bits per heavy atom. The molecule has 0 radical (unpaired) electrons. The van der Waals surface area contributed by atoms with Gasteiger partial charge in [-0.25, -0.2) is 5.01 Å². The van der Waals surface area contributed by atoms with Crippen LogP contribution in [0.15, 0.2) is 57.4 Å². The fourth-order valence-electron chi connectivity index (χ4n) is 2.59. The summed E-state index contributed by atoms with van der Waals surface area (Å²) in [5.41, 5.74) is 3.56. The van der Waals surface area contributed by atoms with E-state index in [2.05, 4.69) is 42.5 Å². The second-order valence-corrected chi connectivity index (χ2v) is 7.43. The van der Waals surface area contributed by atoms with E-state index in [0.29, 0.717) is 24.2 Å². The van der Waals surface area contributed by atoms with Crippen LogP contribution in [0.4, 0.5) is 5.69 Å². The summed E-state index contributed by atoms with van der Waals surface area (Å²) >= 11 is 1.70. The van der Waals surface area contributed by atoms with Crippen LogP contribution in [0.5, 0.6) is 0 Å². The van der Waals surface area contributed by atoms with Gasteiger partial charge in [0.05, 0.1) is 0 Å². The molecule has 2 aromatic rings. The van der Waals surface area contributed by atoms with Crippen LogP contribution in [0.3, 0.4) is 0 Å². The van der Waals surface area contributed by atoms with Gasteiger partial charge in [-0.05, 0) is 55.3 Å². The fourth-order valence-corrected chi connectivity index (χ4v) is 3.59. The van der Waals surface area contributed by atoms with Crippen LogP contribution in [0.1, 0.15) is 24.0 Å². The van der Waals surface area contributed by atoms with Crippen molar-refractivity contribution < 1.29 is 9.59 Å². The molecule has 0 aromatic heterocycles. The molecule has 0 saturated heterocycles. The summed E-state index contributed by atoms with van der Waals surface area (Å²) in [6.45, 7) is 4.18. The zero-order valence-corrected chi connectivity index (χ0v) is 15.9. The van der Waals surface area contributed by atoms with Crippen molar-refractivity contribution in [1.82, 2.24) is 5.01 Å². The highest BCUT2D eigenvalue weighted by Gasteiger charge is 2.21. The molecule has 134 valence electrons. The molecular formula is C20H21N3O2S. The maximum absolute atomic E-state index is 12.3. The van der Waals surface area contributed by atoms with Gasteiger partial charge in [0.15, 0.2) is 0 Å². The van der Waals surface area contributed by atoms with Gasteiger partial charge < -0.3 is 5.32 Å². The molecule has 0 unspecified atom stereocenters. The van der Waals surface area contributed by atoms with Crippen LogP contribution in [0, 0.1) is 13.8 Å². The lowest BCUT2D eigenvalue weighted by atomic mass is 10.1. The van der Waals surface area contributed by atoms with E-state index in [4.69, 9.17) is 0 Å². The van der Waals surface area contributed by atoms with Gasteiger partial charge in [0.2, 0.25) is 5.91 Å². The summed E-state index contributed by atoms with van der Waals surface area (Å²) in [6, 6.07) is 14.1. The summed E-state index contributed by atoms with van der Waals surface area (Å²) < 4.78 is 0. The zero-order chi connectivity index (χ0) is 18.7. The van der Waals surface area contributed by atoms with Gasteiger partial charge in [0.25, 0.3) is 5.91 Å². The smallest absolute Gasteiger partial charge is 0.271 e. The summed E-state index contributed by atoms with van der Waals surface area (Å²) in [7, 11) is 1.56. The van der Waals surface area contributed by atoms with Crippen LogP contribution < -0.4 is 5.32 Å². The molecule has 2 amide bonds. The van der Waals surface area contributed by atoms with Crippen molar-refractivity contribution in [1.29, 1.82) is 0 Å². The molecule has 0 saturated carbocycles. The summed E-state index contributed by atoms with van der Waals surface area (Å²) in [6.07, 6.45) is 0.684. The maximum Gasteiger partial charge on any atom is 0.271 e. The molecule has 0 bridgehead atoms. The predicted molar refractivity (Wildman–Crippen MR) is 105 cm³/mol. The molecular weight excluding hydrogens is 346 g/mol. The van der Waals surface area contributed by atoms with E-state index in [9.17, 15) is 9.59 Å². The van der Waals surface area contributed by atoms with Crippen molar-refractivity contribution in [3.05, 3.63) is 53.6 Å². The Kier molecular flexibility index (Phi) is 5.42. The lowest BCUT2D eigenvalue weighted by Crippen LogP contribution is -2.34. The monoisotopic (exact) mass is 367 g/mol. The van der Waals surface area contributed by atoms with E-state index in [1.165, 1.54) is 21.0 Å². The van der Waals surface area contributed by atoms with Crippen LogP contribution in [0.2, 0.25) is 0 Å². The molecule has 0 fully saturated rings. The average Bonchev–Trinajstić information content (AvgIpc) is 2.62. The van der Waals surface area contributed by atoms with Crippen molar-refractivity contribution in [2.45, 2.75) is 36.5 Å². The van der Waals surface area contributed by atoms with Gasteiger partial charge in [0.1, 0.15) is 5.71 Å². The number of nitrogens with zero attached hydrogens (tertiary/aromatic N) is 2. The number of anilines is 1. The quantitative estimate of drug-likeness (QED) is 0.888. The van der Waals surface area contributed by atoms with Crippen LogP contribution in [-0.4, -0.2) is 29.6 Å². The van der Waals surface area contributed by atoms with Crippen molar-refractivity contribution in [2.24, 2.45) is 5.10 Å². The third-order valence-electron chi connectivity index (χ3n) is 4.15. The van der Waals surface area contributed by atoms with Gasteiger partial charge in [-0.2, -0.15) is 5.10 Å². The highest BCUT2D eigenvalue weighted by atomic mass is 32.2. The Bertz CT molecular complexity index is 875. The third-order valence-corrected chi connectivity index (χ3v) is 5.32. The number of amides is 2. The van der Waals surface area contributed by atoms with E-state index in [1.807, 2.05) is 24.3 Å². The van der Waals surface area contributed by atoms with Crippen molar-refractivity contribution in [3.63, 3.8) is 0 Å². The van der Waals surface area contributed by atoms with Gasteiger partial charge >= 0.3 is 0 Å². The standard InChI is InChI=1S/C20H21N3O2S/c1-13-4-5-14(2)18(12-13)26-16-8-6-15(7-9-16)21-20(25)17-10-11-19(24)23(3)22-17/h4-9,12H,10-11H2,1-3H3,(H,21,25). The molecule has 1 aliphatic heterocycles. The van der Waals surface area contributed by atoms with E-state index >= 15 is 0 Å². The van der Waals surface area contributed by atoms with E-state index in [0.717, 1.165) is 4.90 Å². The number of carbonyl (C=O) groups is 2. The SMILES string of the molecule is Cc1ccc(C)c(Sc2ccc(NC(=O)C3=NN(C)C(=O)CC3)cc2)c1. The highest BCUT2D eigenvalue weighted by molar-refractivity contribution is 7.99. The normalized spacial score (nSPS) is 14.2. The molecule has 2 aromatic carbocycles. The lowest BCUT2D eigenvalue weighted by molar-refractivity contribution is -0.130. The van der Waals surface area contributed by atoms with E-state index < -0.39 is 0 Å². The van der Waals surface area contributed by atoms with Crippen molar-refractivity contribution in [3.8, 4) is 0 Å². The first-order valence-corrected chi connectivity index (χ1v) is 9.24. The first-order chi connectivity index (χ1) is 12.4. The number of hydrogen-bond donors (Lipinski definition) is 1. The van der Waals surface area contributed by atoms with E-state index in [1.54, 1.807) is 18.8 Å². The highest BCUT2D eigenvalue weighted by Crippen LogP contribution is 2.31. The Labute approximate surface area is 157 Å². The fraction of sp³-hybridized carbons (Fsp3) is 0.250. The number of aryl methyl sites for hydroxylation is 2. The van der Waals surface area contributed by atoms with Crippen LogP contribution in [0.25, 0.3) is 0 Å². The maximum atomic E-state index is 12.3. The molecule has 26 heavy (non-hydrogen) atoms. The Balaban J connectivity index is 1.66. The lowest BCUT2D eigenvalue weighted by Gasteiger charge is -2.18. The van der Waals surface area contributed by atoms with Crippen molar-refractivity contribution in [2.75, 3.05) is 12.4 Å². The molecule has 0 spiro atoms. The Hall–Kier alpha value is -2.60. The Morgan fingerprint density at radius 3 is 2.54 bits per heavy atom. The first-order valence-electron chi connectivity index (χ1n) is 8.43. The minimum atomic E-state index is -0.265. The van der Waals surface area contributed by atoms with Gasteiger partial charge in [0, 0.05) is 35.4 Å². The summed E-state index contributed by atoms with van der Waals surface area (Å²) in [4.78, 5) is 26.1. The van der Waals surface area contributed by atoms with Crippen LogP contribution in [-0.2, 0) is 9.59 Å². The average molecular weight is 367 g/mol. The molecule has 0 atom stereocenters. The van der Waals surface area contributed by atoms with Crippen LogP contribution >= 0.6 is 11.8 Å². The van der Waals surface area contributed by atoms with Crippen molar-refractivity contribution >= 4 is 35.0 Å². The number of hydrazone groups is 1. The third kappa shape index (κ3) is 4.32. The first kappa shape index (κ1) is 18.2. The zero-order valence-electron chi connectivity index (χ0n) is 15.1. The number of rotatable bonds is 4. The summed E-state index contributed by atoms with van der Waals surface area (Å²) in [5, 5.41) is 8.10. The summed E-state index contributed by atoms with van der Waals surface area (Å²) in [5.74, 6) is -0.339. The van der Waals surface area contributed by atoms with Gasteiger partial charge in [-0.3, -0.25) is 9.59 Å². The molecule has 1 heterocycles. The van der Waals surface area contributed by atoms with Gasteiger partial charge in [-0.1, -0.05) is 23.9 Å². The number of benzene rings is 2.